The van der Waals surface area contributed by atoms with E-state index in [4.69, 9.17) is 9.47 Å². The molecule has 2 aromatic rings. The topological polar surface area (TPSA) is 18.5 Å². The maximum absolute atomic E-state index is 5.79. The average Bonchev–Trinajstić information content (AvgIpc) is 2.59. The van der Waals surface area contributed by atoms with Crippen molar-refractivity contribution in [3.05, 3.63) is 59.7 Å². The molecule has 25 heavy (non-hydrogen) atoms. The van der Waals surface area contributed by atoms with Crippen LogP contribution in [0.4, 0.5) is 0 Å². The Kier molecular flexibility index (Phi) is 6.52. The maximum Gasteiger partial charge on any atom is 0.119 e. The van der Waals surface area contributed by atoms with Crippen molar-refractivity contribution in [1.82, 2.24) is 0 Å². The van der Waals surface area contributed by atoms with Gasteiger partial charge in [0.1, 0.15) is 11.5 Å². The highest BCUT2D eigenvalue weighted by molar-refractivity contribution is 5.41. The molecule has 136 valence electrons. The number of hydrogen-bond donors (Lipinski definition) is 0. The third kappa shape index (κ3) is 5.52. The molecule has 0 N–H and O–H groups in total. The van der Waals surface area contributed by atoms with Crippen LogP contribution in [0.3, 0.4) is 0 Å². The van der Waals surface area contributed by atoms with Gasteiger partial charge in [-0.05, 0) is 47.2 Å². The van der Waals surface area contributed by atoms with E-state index in [2.05, 4.69) is 90.1 Å². The van der Waals surface area contributed by atoms with Gasteiger partial charge < -0.3 is 9.47 Å². The minimum Gasteiger partial charge on any atom is -0.493 e. The molecule has 0 aromatic heterocycles. The quantitative estimate of drug-likeness (QED) is 0.579. The van der Waals surface area contributed by atoms with Crippen LogP contribution in [0.15, 0.2) is 48.5 Å². The maximum atomic E-state index is 5.79. The van der Waals surface area contributed by atoms with E-state index in [0.29, 0.717) is 11.8 Å². The lowest BCUT2D eigenvalue weighted by molar-refractivity contribution is 0.271. The normalized spacial score (nSPS) is 11.8. The molecule has 0 unspecified atom stereocenters. The fraction of sp³-hybridized carbons (Fsp3) is 0.478. The molecule has 0 saturated carbocycles. The summed E-state index contributed by atoms with van der Waals surface area (Å²) in [4.78, 5) is 0. The smallest absolute Gasteiger partial charge is 0.119 e. The summed E-state index contributed by atoms with van der Waals surface area (Å²) in [6.07, 6.45) is 0. The number of benzene rings is 2. The van der Waals surface area contributed by atoms with Gasteiger partial charge in [-0.25, -0.2) is 0 Å². The van der Waals surface area contributed by atoms with Crippen LogP contribution in [0.1, 0.15) is 52.7 Å². The van der Waals surface area contributed by atoms with Gasteiger partial charge in [0.2, 0.25) is 0 Å². The summed E-state index contributed by atoms with van der Waals surface area (Å²) in [6, 6.07) is 16.9. The first kappa shape index (κ1) is 19.4. The van der Waals surface area contributed by atoms with Crippen LogP contribution >= 0.6 is 0 Å². The molecule has 0 aliphatic rings. The summed E-state index contributed by atoms with van der Waals surface area (Å²) in [5.74, 6) is 2.94. The van der Waals surface area contributed by atoms with E-state index in [1.165, 1.54) is 11.1 Å². The average molecular weight is 341 g/mol. The van der Waals surface area contributed by atoms with Gasteiger partial charge in [0, 0.05) is 5.41 Å². The van der Waals surface area contributed by atoms with E-state index in [9.17, 15) is 0 Å². The lowest BCUT2D eigenvalue weighted by Gasteiger charge is -2.26. The third-order valence-corrected chi connectivity index (χ3v) is 4.32. The predicted molar refractivity (Wildman–Crippen MR) is 106 cm³/mol. The second-order valence-corrected chi connectivity index (χ2v) is 8.08. The molecular weight excluding hydrogens is 308 g/mol. The SMILES string of the molecule is CC(C)COc1ccc(C(C)(C)c2ccc(OCC(C)C)cc2)cc1. The first-order chi connectivity index (χ1) is 11.8. The Morgan fingerprint density at radius 3 is 1.24 bits per heavy atom. The zero-order valence-corrected chi connectivity index (χ0v) is 16.5. The molecule has 0 spiro atoms. The zero-order chi connectivity index (χ0) is 18.4. The highest BCUT2D eigenvalue weighted by Crippen LogP contribution is 2.33. The zero-order valence-electron chi connectivity index (χ0n) is 16.5. The van der Waals surface area contributed by atoms with E-state index in [1.807, 2.05) is 0 Å². The van der Waals surface area contributed by atoms with Gasteiger partial charge >= 0.3 is 0 Å². The molecular formula is C23H32O2. The molecule has 0 aliphatic heterocycles. The van der Waals surface area contributed by atoms with Gasteiger partial charge in [0.25, 0.3) is 0 Å². The molecule has 0 heterocycles. The van der Waals surface area contributed by atoms with Crippen molar-refractivity contribution in [2.75, 3.05) is 13.2 Å². The fourth-order valence-electron chi connectivity index (χ4n) is 2.63. The summed E-state index contributed by atoms with van der Waals surface area (Å²) >= 11 is 0. The summed E-state index contributed by atoms with van der Waals surface area (Å²) in [5.41, 5.74) is 2.49. The third-order valence-electron chi connectivity index (χ3n) is 4.32. The minimum absolute atomic E-state index is 0.0623. The highest BCUT2D eigenvalue weighted by atomic mass is 16.5. The fourth-order valence-corrected chi connectivity index (χ4v) is 2.63. The largest absolute Gasteiger partial charge is 0.493 e. The summed E-state index contributed by atoms with van der Waals surface area (Å²) in [5, 5.41) is 0. The van der Waals surface area contributed by atoms with Crippen LogP contribution in [-0.4, -0.2) is 13.2 Å². The monoisotopic (exact) mass is 340 g/mol. The van der Waals surface area contributed by atoms with Gasteiger partial charge in [0.05, 0.1) is 13.2 Å². The van der Waals surface area contributed by atoms with E-state index >= 15 is 0 Å². The van der Waals surface area contributed by atoms with Gasteiger partial charge in [-0.1, -0.05) is 65.8 Å². The first-order valence-corrected chi connectivity index (χ1v) is 9.25. The molecule has 2 rings (SSSR count). The van der Waals surface area contributed by atoms with Gasteiger partial charge in [-0.3, -0.25) is 0 Å². The van der Waals surface area contributed by atoms with Gasteiger partial charge in [-0.2, -0.15) is 0 Å². The second kappa shape index (κ2) is 8.42. The van der Waals surface area contributed by atoms with Crippen molar-refractivity contribution in [2.45, 2.75) is 47.0 Å². The lowest BCUT2D eigenvalue weighted by atomic mass is 9.78. The van der Waals surface area contributed by atoms with Crippen LogP contribution in [-0.2, 0) is 5.41 Å². The standard InChI is InChI=1S/C23H32O2/c1-17(2)15-24-21-11-7-19(8-12-21)23(5,6)20-9-13-22(14-10-20)25-16-18(3)4/h7-14,17-18H,15-16H2,1-6H3. The molecule has 2 aromatic carbocycles. The van der Waals surface area contributed by atoms with Gasteiger partial charge in [-0.15, -0.1) is 0 Å². The molecule has 0 saturated heterocycles. The van der Waals surface area contributed by atoms with E-state index in [-0.39, 0.29) is 5.41 Å². The molecule has 0 radical (unpaired) electrons. The van der Waals surface area contributed by atoms with Crippen molar-refractivity contribution >= 4 is 0 Å². The molecule has 0 aliphatic carbocycles. The Bertz CT molecular complexity index is 579. The van der Waals surface area contributed by atoms with Crippen LogP contribution in [0.5, 0.6) is 11.5 Å². The second-order valence-electron chi connectivity index (χ2n) is 8.08. The Morgan fingerprint density at radius 1 is 0.640 bits per heavy atom. The molecule has 2 nitrogen and oxygen atoms in total. The summed E-state index contributed by atoms with van der Waals surface area (Å²) in [6.45, 7) is 14.6. The van der Waals surface area contributed by atoms with E-state index < -0.39 is 0 Å². The van der Waals surface area contributed by atoms with Crippen LogP contribution in [0, 0.1) is 11.8 Å². The van der Waals surface area contributed by atoms with Crippen molar-refractivity contribution in [2.24, 2.45) is 11.8 Å². The highest BCUT2D eigenvalue weighted by Gasteiger charge is 2.23. The summed E-state index contributed by atoms with van der Waals surface area (Å²) in [7, 11) is 0. The molecule has 0 amide bonds. The van der Waals surface area contributed by atoms with E-state index in [1.54, 1.807) is 0 Å². The molecule has 0 fully saturated rings. The Morgan fingerprint density at radius 2 is 0.960 bits per heavy atom. The van der Waals surface area contributed by atoms with Gasteiger partial charge in [0.15, 0.2) is 0 Å². The molecule has 0 atom stereocenters. The molecule has 2 heteroatoms. The van der Waals surface area contributed by atoms with E-state index in [0.717, 1.165) is 24.7 Å². The van der Waals surface area contributed by atoms with Crippen LogP contribution in [0.25, 0.3) is 0 Å². The number of ether oxygens (including phenoxy) is 2. The summed E-state index contributed by atoms with van der Waals surface area (Å²) < 4.78 is 11.6. The number of rotatable bonds is 8. The minimum atomic E-state index is -0.0623. The Balaban J connectivity index is 2.09. The Hall–Kier alpha value is -1.96. The lowest BCUT2D eigenvalue weighted by Crippen LogP contribution is -2.18. The predicted octanol–water partition coefficient (Wildman–Crippen LogP) is 6.08. The van der Waals surface area contributed by atoms with Crippen molar-refractivity contribution in [3.63, 3.8) is 0 Å². The van der Waals surface area contributed by atoms with Crippen molar-refractivity contribution in [3.8, 4) is 11.5 Å². The van der Waals surface area contributed by atoms with Crippen LogP contribution in [0.2, 0.25) is 0 Å². The van der Waals surface area contributed by atoms with Crippen molar-refractivity contribution in [1.29, 1.82) is 0 Å². The van der Waals surface area contributed by atoms with Crippen LogP contribution < -0.4 is 9.47 Å². The molecule has 0 bridgehead atoms. The van der Waals surface area contributed by atoms with Crippen molar-refractivity contribution < 1.29 is 9.47 Å². The Labute approximate surface area is 153 Å². The number of hydrogen-bond acceptors (Lipinski definition) is 2. The first-order valence-electron chi connectivity index (χ1n) is 9.25.